The number of phenols is 1. The molecule has 0 bridgehead atoms. The van der Waals surface area contributed by atoms with Gasteiger partial charge in [-0.2, -0.15) is 9.97 Å². The highest BCUT2D eigenvalue weighted by Crippen LogP contribution is 2.41. The molecule has 7 rings (SSSR count). The van der Waals surface area contributed by atoms with Crippen LogP contribution in [0, 0.1) is 11.6 Å². The highest BCUT2D eigenvalue weighted by Gasteiger charge is 2.49. The lowest BCUT2D eigenvalue weighted by Crippen LogP contribution is -2.43. The van der Waals surface area contributed by atoms with Gasteiger partial charge in [0.1, 0.15) is 41.4 Å². The van der Waals surface area contributed by atoms with E-state index in [-0.39, 0.29) is 57.9 Å². The SMILES string of the molecule is CCc1c(F)ccc2cc(O)cc(-c3ncc4c(NC5CCS(=O)(=O)C5)nc(OC[C@@]56CCCN5C[C@H](F)C6)nc4c3F)c12. The Morgan fingerprint density at radius 3 is 2.84 bits per heavy atom. The van der Waals surface area contributed by atoms with Gasteiger partial charge in [-0.1, -0.05) is 13.0 Å². The van der Waals surface area contributed by atoms with Crippen LogP contribution in [-0.2, 0) is 16.3 Å². The average molecular weight is 628 g/mol. The monoisotopic (exact) mass is 627 g/mol. The van der Waals surface area contributed by atoms with Crippen LogP contribution in [0.5, 0.6) is 11.8 Å². The van der Waals surface area contributed by atoms with Crippen LogP contribution in [0.1, 0.15) is 38.2 Å². The normalized spacial score (nSPS) is 24.7. The number of aryl methyl sites for hydroxylation is 1. The standard InChI is InChI=1S/C31H32F3N5O4S/c1-2-21-24(33)5-4-17-10-20(40)11-22(25(17)21)27-26(34)28-23(13-35-27)29(36-19-6-9-44(41,42)15-19)38-30(37-28)43-16-31-7-3-8-39(31)14-18(32)12-31/h4-5,10-11,13,18-19,40H,2-3,6-9,12,14-16H2,1H3,(H,36,37,38)/t18-,19?,31+/m1/s1. The van der Waals surface area contributed by atoms with Crippen molar-refractivity contribution in [3.05, 3.63) is 47.7 Å². The summed E-state index contributed by atoms with van der Waals surface area (Å²) in [5.74, 6) is -1.33. The first-order valence-corrected chi connectivity index (χ1v) is 16.7. The van der Waals surface area contributed by atoms with Crippen LogP contribution < -0.4 is 10.1 Å². The van der Waals surface area contributed by atoms with Gasteiger partial charge in [0.15, 0.2) is 15.7 Å². The fraction of sp³-hybridized carbons (Fsp3) is 0.452. The van der Waals surface area contributed by atoms with Crippen molar-refractivity contribution in [2.75, 3.05) is 36.5 Å². The van der Waals surface area contributed by atoms with E-state index < -0.39 is 39.2 Å². The van der Waals surface area contributed by atoms with Crippen molar-refractivity contribution in [2.24, 2.45) is 0 Å². The molecule has 1 unspecified atom stereocenters. The number of nitrogens with one attached hydrogen (secondary N) is 1. The Balaban J connectivity index is 1.35. The number of nitrogens with zero attached hydrogens (tertiary/aromatic N) is 4. The number of sulfone groups is 1. The molecular formula is C31H32F3N5O4S. The highest BCUT2D eigenvalue weighted by atomic mass is 32.2. The molecule has 9 nitrogen and oxygen atoms in total. The number of alkyl halides is 1. The molecule has 3 aliphatic heterocycles. The molecule has 4 aromatic rings. The predicted molar refractivity (Wildman–Crippen MR) is 160 cm³/mol. The summed E-state index contributed by atoms with van der Waals surface area (Å²) in [5, 5.41) is 14.8. The largest absolute Gasteiger partial charge is 0.508 e. The van der Waals surface area contributed by atoms with E-state index in [0.29, 0.717) is 42.1 Å². The molecule has 2 aromatic carbocycles. The smallest absolute Gasteiger partial charge is 0.319 e. The van der Waals surface area contributed by atoms with Crippen LogP contribution in [0.25, 0.3) is 32.9 Å². The maximum atomic E-state index is 16.6. The molecule has 2 aromatic heterocycles. The maximum Gasteiger partial charge on any atom is 0.319 e. The van der Waals surface area contributed by atoms with Gasteiger partial charge in [0.25, 0.3) is 0 Å². The number of pyridine rings is 1. The summed E-state index contributed by atoms with van der Waals surface area (Å²) in [6.45, 7) is 3.02. The van der Waals surface area contributed by atoms with Crippen LogP contribution >= 0.6 is 0 Å². The lowest BCUT2D eigenvalue weighted by Gasteiger charge is -2.30. The van der Waals surface area contributed by atoms with Gasteiger partial charge in [0.05, 0.1) is 22.4 Å². The van der Waals surface area contributed by atoms with Gasteiger partial charge >= 0.3 is 6.01 Å². The second-order valence-corrected chi connectivity index (χ2v) is 14.3. The topological polar surface area (TPSA) is 118 Å². The van der Waals surface area contributed by atoms with E-state index in [0.717, 1.165) is 19.4 Å². The summed E-state index contributed by atoms with van der Waals surface area (Å²) >= 11 is 0. The average Bonchev–Trinajstić information content (AvgIpc) is 3.62. The fourth-order valence-electron chi connectivity index (χ4n) is 7.18. The molecule has 2 N–H and O–H groups in total. The number of rotatable bonds is 7. The Hall–Kier alpha value is -3.71. The summed E-state index contributed by atoms with van der Waals surface area (Å²) < 4.78 is 76.2. The number of anilines is 1. The van der Waals surface area contributed by atoms with E-state index in [1.807, 2.05) is 0 Å². The second-order valence-electron chi connectivity index (χ2n) is 12.1. The summed E-state index contributed by atoms with van der Waals surface area (Å²) in [7, 11) is -3.22. The van der Waals surface area contributed by atoms with Crippen LogP contribution in [0.3, 0.4) is 0 Å². The summed E-state index contributed by atoms with van der Waals surface area (Å²) in [6, 6.07) is 5.08. The Morgan fingerprint density at radius 2 is 2.07 bits per heavy atom. The molecule has 5 heterocycles. The van der Waals surface area contributed by atoms with Gasteiger partial charge in [-0.25, -0.2) is 21.6 Å². The predicted octanol–water partition coefficient (Wildman–Crippen LogP) is 4.95. The van der Waals surface area contributed by atoms with E-state index in [9.17, 15) is 22.3 Å². The van der Waals surface area contributed by atoms with Crippen molar-refractivity contribution in [3.63, 3.8) is 0 Å². The van der Waals surface area contributed by atoms with Gasteiger partial charge in [-0.3, -0.25) is 9.88 Å². The first-order chi connectivity index (χ1) is 21.1. The van der Waals surface area contributed by atoms with Crippen molar-refractivity contribution in [2.45, 2.75) is 56.8 Å². The number of ether oxygens (including phenoxy) is 1. The molecular weight excluding hydrogens is 595 g/mol. The molecule has 0 spiro atoms. The van der Waals surface area contributed by atoms with E-state index in [4.69, 9.17) is 4.74 Å². The quantitative estimate of drug-likeness (QED) is 0.294. The molecule has 0 aliphatic carbocycles. The lowest BCUT2D eigenvalue weighted by atomic mass is 9.94. The fourth-order valence-corrected chi connectivity index (χ4v) is 8.85. The van der Waals surface area contributed by atoms with Crippen molar-refractivity contribution in [3.8, 4) is 23.0 Å². The number of benzene rings is 2. The zero-order chi connectivity index (χ0) is 30.8. The third-order valence-corrected chi connectivity index (χ3v) is 11.0. The number of hydrogen-bond acceptors (Lipinski definition) is 9. The third kappa shape index (κ3) is 4.99. The Labute approximate surface area is 252 Å². The van der Waals surface area contributed by atoms with Gasteiger partial charge < -0.3 is 15.2 Å². The zero-order valence-corrected chi connectivity index (χ0v) is 24.9. The van der Waals surface area contributed by atoms with Crippen LogP contribution in [0.2, 0.25) is 0 Å². The maximum absolute atomic E-state index is 16.6. The summed E-state index contributed by atoms with van der Waals surface area (Å²) in [5.41, 5.74) is -0.209. The molecule has 232 valence electrons. The van der Waals surface area contributed by atoms with Crippen molar-refractivity contribution >= 4 is 37.3 Å². The number of halogens is 3. The van der Waals surface area contributed by atoms with Crippen LogP contribution in [0.4, 0.5) is 19.0 Å². The van der Waals surface area contributed by atoms with Crippen LogP contribution in [-0.4, -0.2) is 82.3 Å². The number of aromatic hydroxyl groups is 1. The van der Waals surface area contributed by atoms with Crippen LogP contribution in [0.15, 0.2) is 30.5 Å². The minimum atomic E-state index is -3.22. The molecule has 0 saturated carbocycles. The Kier molecular flexibility index (Phi) is 7.07. The highest BCUT2D eigenvalue weighted by molar-refractivity contribution is 7.91. The molecule has 3 fully saturated rings. The number of fused-ring (bicyclic) bond motifs is 3. The van der Waals surface area contributed by atoms with Crippen molar-refractivity contribution in [1.82, 2.24) is 19.9 Å². The first-order valence-electron chi connectivity index (χ1n) is 14.9. The van der Waals surface area contributed by atoms with E-state index in [2.05, 4.69) is 25.2 Å². The number of aromatic nitrogens is 3. The van der Waals surface area contributed by atoms with Gasteiger partial charge in [0.2, 0.25) is 0 Å². The summed E-state index contributed by atoms with van der Waals surface area (Å²) in [6.07, 6.45) is 3.11. The number of phenolic OH excluding ortho intramolecular Hbond substituents is 1. The molecule has 3 aliphatic rings. The van der Waals surface area contributed by atoms with Crippen molar-refractivity contribution in [1.29, 1.82) is 0 Å². The third-order valence-electron chi connectivity index (χ3n) is 9.23. The molecule has 3 saturated heterocycles. The molecule has 13 heteroatoms. The summed E-state index contributed by atoms with van der Waals surface area (Å²) in [4.78, 5) is 15.4. The molecule has 44 heavy (non-hydrogen) atoms. The van der Waals surface area contributed by atoms with Crippen molar-refractivity contribution < 1.29 is 31.4 Å². The number of hydrogen-bond donors (Lipinski definition) is 2. The zero-order valence-electron chi connectivity index (χ0n) is 24.1. The Morgan fingerprint density at radius 1 is 1.23 bits per heavy atom. The first kappa shape index (κ1) is 29.0. The molecule has 3 atom stereocenters. The van der Waals surface area contributed by atoms with E-state index in [1.54, 1.807) is 6.92 Å². The van der Waals surface area contributed by atoms with Gasteiger partial charge in [-0.15, -0.1) is 0 Å². The van der Waals surface area contributed by atoms with Gasteiger partial charge in [-0.05, 0) is 66.8 Å². The lowest BCUT2D eigenvalue weighted by molar-refractivity contribution is 0.107. The minimum absolute atomic E-state index is 0.0252. The van der Waals surface area contributed by atoms with E-state index in [1.165, 1.54) is 30.5 Å². The second kappa shape index (κ2) is 10.7. The molecule has 0 amide bonds. The van der Waals surface area contributed by atoms with E-state index >= 15 is 4.39 Å². The van der Waals surface area contributed by atoms with Gasteiger partial charge in [0, 0.05) is 30.8 Å². The molecule has 0 radical (unpaired) electrons. The Bertz CT molecular complexity index is 1910. The minimum Gasteiger partial charge on any atom is -0.508 e.